The second kappa shape index (κ2) is 5.25. The summed E-state index contributed by atoms with van der Waals surface area (Å²) in [5, 5.41) is 3.11. The topological polar surface area (TPSA) is 32.3 Å². The average molecular weight is 268 g/mol. The molecule has 1 aliphatic rings. The lowest BCUT2D eigenvalue weighted by molar-refractivity contribution is -0.129. The van der Waals surface area contributed by atoms with Crippen molar-refractivity contribution < 1.29 is 13.6 Å². The molecular weight excluding hydrogens is 250 g/mol. The Labute approximate surface area is 111 Å². The third-order valence-electron chi connectivity index (χ3n) is 3.36. The molecule has 1 saturated heterocycles. The van der Waals surface area contributed by atoms with E-state index in [1.807, 2.05) is 13.8 Å². The molecule has 2 unspecified atom stereocenters. The van der Waals surface area contributed by atoms with Crippen LogP contribution in [0.3, 0.4) is 0 Å². The standard InChI is InChI=1S/C14H18F2N2O/c1-8(2)6-12-14(19)18(3)13(17-12)10-5-4-9(15)7-11(10)16/h4-5,7-8,12-13,17H,6H2,1-3H3. The van der Waals surface area contributed by atoms with Crippen LogP contribution in [0.25, 0.3) is 0 Å². The number of carbonyl (C=O) groups excluding carboxylic acids is 1. The molecule has 2 rings (SSSR count). The van der Waals surface area contributed by atoms with Crippen LogP contribution in [0.2, 0.25) is 0 Å². The van der Waals surface area contributed by atoms with Gasteiger partial charge in [0.1, 0.15) is 17.8 Å². The van der Waals surface area contributed by atoms with Crippen molar-refractivity contribution in [3.05, 3.63) is 35.4 Å². The fourth-order valence-corrected chi connectivity index (χ4v) is 2.41. The van der Waals surface area contributed by atoms with Gasteiger partial charge in [0, 0.05) is 18.7 Å². The van der Waals surface area contributed by atoms with Gasteiger partial charge in [0.2, 0.25) is 5.91 Å². The van der Waals surface area contributed by atoms with E-state index in [1.54, 1.807) is 7.05 Å². The molecule has 2 atom stereocenters. The van der Waals surface area contributed by atoms with E-state index >= 15 is 0 Å². The summed E-state index contributed by atoms with van der Waals surface area (Å²) in [6, 6.07) is 3.11. The molecule has 1 aromatic rings. The van der Waals surface area contributed by atoms with Crippen molar-refractivity contribution in [2.45, 2.75) is 32.5 Å². The summed E-state index contributed by atoms with van der Waals surface area (Å²) in [7, 11) is 1.63. The van der Waals surface area contributed by atoms with Gasteiger partial charge in [0.15, 0.2) is 0 Å². The van der Waals surface area contributed by atoms with Crippen LogP contribution in [0.4, 0.5) is 8.78 Å². The van der Waals surface area contributed by atoms with Crippen LogP contribution < -0.4 is 5.32 Å². The summed E-state index contributed by atoms with van der Waals surface area (Å²) in [5.74, 6) is -0.941. The van der Waals surface area contributed by atoms with Gasteiger partial charge in [-0.2, -0.15) is 0 Å². The van der Waals surface area contributed by atoms with Crippen molar-refractivity contribution in [3.63, 3.8) is 0 Å². The number of hydrogen-bond acceptors (Lipinski definition) is 2. The lowest BCUT2D eigenvalue weighted by Crippen LogP contribution is -2.30. The lowest BCUT2D eigenvalue weighted by atomic mass is 10.0. The largest absolute Gasteiger partial charge is 0.325 e. The Balaban J connectivity index is 2.24. The van der Waals surface area contributed by atoms with E-state index in [2.05, 4.69) is 5.32 Å². The molecule has 3 nitrogen and oxygen atoms in total. The highest BCUT2D eigenvalue weighted by atomic mass is 19.1. The normalized spacial score (nSPS) is 23.5. The predicted molar refractivity (Wildman–Crippen MR) is 68.2 cm³/mol. The highest BCUT2D eigenvalue weighted by Crippen LogP contribution is 2.28. The van der Waals surface area contributed by atoms with Crippen LogP contribution in [0.5, 0.6) is 0 Å². The van der Waals surface area contributed by atoms with Crippen LogP contribution in [0.15, 0.2) is 18.2 Å². The molecule has 1 N–H and O–H groups in total. The van der Waals surface area contributed by atoms with Crippen LogP contribution in [-0.2, 0) is 4.79 Å². The first-order valence-electron chi connectivity index (χ1n) is 6.38. The SMILES string of the molecule is CC(C)CC1NC(c2ccc(F)cc2F)N(C)C1=O. The summed E-state index contributed by atoms with van der Waals surface area (Å²) < 4.78 is 26.7. The molecule has 1 heterocycles. The van der Waals surface area contributed by atoms with Crippen molar-refractivity contribution in [2.75, 3.05) is 7.05 Å². The second-order valence-electron chi connectivity index (χ2n) is 5.37. The molecule has 1 amide bonds. The quantitative estimate of drug-likeness (QED) is 0.913. The molecule has 1 aromatic carbocycles. The van der Waals surface area contributed by atoms with Gasteiger partial charge in [0.05, 0.1) is 6.04 Å². The highest BCUT2D eigenvalue weighted by molar-refractivity contribution is 5.84. The number of carbonyl (C=O) groups is 1. The molecule has 19 heavy (non-hydrogen) atoms. The summed E-state index contributed by atoms with van der Waals surface area (Å²) in [6.45, 7) is 4.06. The van der Waals surface area contributed by atoms with Crippen molar-refractivity contribution in [1.29, 1.82) is 0 Å². The predicted octanol–water partition coefficient (Wildman–Crippen LogP) is 2.44. The van der Waals surface area contributed by atoms with E-state index < -0.39 is 17.8 Å². The van der Waals surface area contributed by atoms with E-state index in [0.29, 0.717) is 17.9 Å². The average Bonchev–Trinajstić information content (AvgIpc) is 2.57. The molecule has 0 aliphatic carbocycles. The maximum absolute atomic E-state index is 13.8. The number of hydrogen-bond donors (Lipinski definition) is 1. The van der Waals surface area contributed by atoms with E-state index in [-0.39, 0.29) is 11.9 Å². The smallest absolute Gasteiger partial charge is 0.241 e. The molecule has 1 aliphatic heterocycles. The van der Waals surface area contributed by atoms with Gasteiger partial charge in [-0.3, -0.25) is 10.1 Å². The van der Waals surface area contributed by atoms with Crippen molar-refractivity contribution in [3.8, 4) is 0 Å². The van der Waals surface area contributed by atoms with Crippen LogP contribution in [0.1, 0.15) is 32.0 Å². The minimum absolute atomic E-state index is 0.0533. The fourth-order valence-electron chi connectivity index (χ4n) is 2.41. The Morgan fingerprint density at radius 3 is 2.63 bits per heavy atom. The van der Waals surface area contributed by atoms with E-state index in [0.717, 1.165) is 6.07 Å². The molecule has 0 radical (unpaired) electrons. The molecule has 0 spiro atoms. The Kier molecular flexibility index (Phi) is 3.85. The lowest BCUT2D eigenvalue weighted by Gasteiger charge is -2.20. The molecule has 104 valence electrons. The third kappa shape index (κ3) is 2.76. The molecule has 5 heteroatoms. The van der Waals surface area contributed by atoms with Crippen molar-refractivity contribution >= 4 is 5.91 Å². The van der Waals surface area contributed by atoms with Crippen molar-refractivity contribution in [1.82, 2.24) is 10.2 Å². The first-order chi connectivity index (χ1) is 8.90. The Hall–Kier alpha value is -1.49. The number of rotatable bonds is 3. The minimum atomic E-state index is -0.637. The first kappa shape index (κ1) is 13.9. The number of amides is 1. The molecule has 0 bridgehead atoms. The Morgan fingerprint density at radius 1 is 1.37 bits per heavy atom. The third-order valence-corrected chi connectivity index (χ3v) is 3.36. The summed E-state index contributed by atoms with van der Waals surface area (Å²) in [6.07, 6.45) is 0.166. The number of nitrogens with one attached hydrogen (secondary N) is 1. The van der Waals surface area contributed by atoms with Gasteiger partial charge in [-0.25, -0.2) is 8.78 Å². The molecule has 1 fully saturated rings. The molecule has 0 saturated carbocycles. The molecule has 0 aromatic heterocycles. The second-order valence-corrected chi connectivity index (χ2v) is 5.37. The maximum atomic E-state index is 13.8. The molecular formula is C14H18F2N2O. The van der Waals surface area contributed by atoms with E-state index in [4.69, 9.17) is 0 Å². The zero-order chi connectivity index (χ0) is 14.2. The maximum Gasteiger partial charge on any atom is 0.241 e. The van der Waals surface area contributed by atoms with Crippen LogP contribution in [0, 0.1) is 17.6 Å². The number of nitrogens with zero attached hydrogens (tertiary/aromatic N) is 1. The van der Waals surface area contributed by atoms with Gasteiger partial charge >= 0.3 is 0 Å². The van der Waals surface area contributed by atoms with Gasteiger partial charge in [-0.15, -0.1) is 0 Å². The highest BCUT2D eigenvalue weighted by Gasteiger charge is 2.38. The number of halogens is 2. The van der Waals surface area contributed by atoms with Gasteiger partial charge < -0.3 is 4.90 Å². The van der Waals surface area contributed by atoms with Crippen molar-refractivity contribution in [2.24, 2.45) is 5.92 Å². The number of benzene rings is 1. The summed E-state index contributed by atoms with van der Waals surface area (Å²) >= 11 is 0. The Bertz CT molecular complexity index is 490. The number of likely N-dealkylation sites (N-methyl/N-ethyl adjacent to an activating group) is 1. The zero-order valence-electron chi connectivity index (χ0n) is 11.3. The summed E-state index contributed by atoms with van der Waals surface area (Å²) in [5.41, 5.74) is 0.295. The summed E-state index contributed by atoms with van der Waals surface area (Å²) in [4.78, 5) is 13.5. The zero-order valence-corrected chi connectivity index (χ0v) is 11.3. The minimum Gasteiger partial charge on any atom is -0.325 e. The fraction of sp³-hybridized carbons (Fsp3) is 0.500. The van der Waals surface area contributed by atoms with E-state index in [1.165, 1.54) is 17.0 Å². The first-order valence-corrected chi connectivity index (χ1v) is 6.38. The van der Waals surface area contributed by atoms with Crippen LogP contribution in [-0.4, -0.2) is 23.9 Å². The van der Waals surface area contributed by atoms with Gasteiger partial charge in [-0.1, -0.05) is 13.8 Å². The monoisotopic (exact) mass is 268 g/mol. The van der Waals surface area contributed by atoms with Crippen LogP contribution >= 0.6 is 0 Å². The Morgan fingerprint density at radius 2 is 2.05 bits per heavy atom. The van der Waals surface area contributed by atoms with Gasteiger partial charge in [-0.05, 0) is 24.5 Å². The van der Waals surface area contributed by atoms with Gasteiger partial charge in [0.25, 0.3) is 0 Å². The van der Waals surface area contributed by atoms with E-state index in [9.17, 15) is 13.6 Å².